The molecule has 0 aromatic rings. The number of carboxylic acids is 1. The van der Waals surface area contributed by atoms with Crippen molar-refractivity contribution in [2.24, 2.45) is 0 Å². The van der Waals surface area contributed by atoms with E-state index < -0.39 is 5.97 Å². The Labute approximate surface area is 192 Å². The van der Waals surface area contributed by atoms with Gasteiger partial charge in [-0.1, -0.05) is 6.92 Å². The van der Waals surface area contributed by atoms with E-state index in [0.29, 0.717) is 0 Å². The molecule has 0 atom stereocenters. The monoisotopic (exact) mass is 500 g/mol. The zero-order valence-corrected chi connectivity index (χ0v) is 23.8. The average Bonchev–Trinajstić information content (AvgIpc) is 2.35. The van der Waals surface area contributed by atoms with Crippen LogP contribution in [0.25, 0.3) is 0 Å². The second-order valence-electron chi connectivity index (χ2n) is 5.25. The predicted octanol–water partition coefficient (Wildman–Crippen LogP) is 0.619. The van der Waals surface area contributed by atoms with Crippen LogP contribution in [0, 0.1) is 6.42 Å². The Hall–Kier alpha value is -1.39. The molecule has 0 spiro atoms. The summed E-state index contributed by atoms with van der Waals surface area (Å²) in [7, 11) is 0. The third-order valence-electron chi connectivity index (χ3n) is 1.69. The van der Waals surface area contributed by atoms with Crippen LogP contribution in [0.2, 0.25) is 0 Å². The minimum Gasteiger partial charge on any atom is -0.550 e. The second-order valence-corrected chi connectivity index (χ2v) is 5.25. The van der Waals surface area contributed by atoms with Crippen molar-refractivity contribution in [1.82, 2.24) is 0 Å². The minimum absolute atomic E-state index is 0. The summed E-state index contributed by atoms with van der Waals surface area (Å²) in [5.74, 6) is -1.62. The Bertz CT molecular complexity index is 416. The third-order valence-corrected chi connectivity index (χ3v) is 1.69. The van der Waals surface area contributed by atoms with Crippen molar-refractivity contribution < 1.29 is 77.6 Å². The number of hydrogen-bond acceptors (Lipinski definition) is 8. The predicted molar refractivity (Wildman–Crippen MR) is 92.9 cm³/mol. The molecule has 28 heavy (non-hydrogen) atoms. The standard InChI is InChI=1S/2C5H8O2.C5H7O2.C3H6O2.2Zn/c3*1-4(6)3-5(2)7;1-2-3(4)5;;/h2*3H2,1-2H3;3H,1-2H3;2H2,1H3,(H,4,5);;/q;;-1;;2*+2/p-1. The molecule has 0 saturated carbocycles. The van der Waals surface area contributed by atoms with E-state index in [1.54, 1.807) is 0 Å². The van der Waals surface area contributed by atoms with Gasteiger partial charge in [0.1, 0.15) is 23.1 Å². The molecule has 0 aromatic heterocycles. The van der Waals surface area contributed by atoms with Crippen molar-refractivity contribution in [2.45, 2.75) is 67.7 Å². The van der Waals surface area contributed by atoms with E-state index in [-0.39, 0.29) is 92.9 Å². The van der Waals surface area contributed by atoms with Crippen molar-refractivity contribution in [3.63, 3.8) is 0 Å². The number of aliphatic carboxylic acids is 1. The fourth-order valence-corrected chi connectivity index (χ4v) is 0.987. The van der Waals surface area contributed by atoms with Crippen LogP contribution in [-0.4, -0.2) is 40.7 Å². The van der Waals surface area contributed by atoms with Crippen molar-refractivity contribution in [3.05, 3.63) is 6.42 Å². The van der Waals surface area contributed by atoms with Crippen LogP contribution in [0.4, 0.5) is 0 Å². The van der Waals surface area contributed by atoms with Crippen LogP contribution in [0.3, 0.4) is 0 Å². The molecule has 150 valence electrons. The van der Waals surface area contributed by atoms with Gasteiger partial charge >= 0.3 is 39.0 Å². The molecule has 0 heterocycles. The van der Waals surface area contributed by atoms with Crippen molar-refractivity contribution in [3.8, 4) is 0 Å². The fourth-order valence-electron chi connectivity index (χ4n) is 0.987. The van der Waals surface area contributed by atoms with Gasteiger partial charge in [-0.3, -0.25) is 25.6 Å². The van der Waals surface area contributed by atoms with E-state index in [0.717, 1.165) is 6.42 Å². The van der Waals surface area contributed by atoms with Crippen LogP contribution >= 0.6 is 0 Å². The Morgan fingerprint density at radius 2 is 0.786 bits per heavy atom. The molecule has 0 aliphatic heterocycles. The Morgan fingerprint density at radius 3 is 0.786 bits per heavy atom. The van der Waals surface area contributed by atoms with Crippen LogP contribution in [-0.2, 0) is 72.5 Å². The summed E-state index contributed by atoms with van der Waals surface area (Å²) in [6.07, 6.45) is 1.33. The molecule has 0 aliphatic carbocycles. The molecule has 0 fully saturated rings. The van der Waals surface area contributed by atoms with Crippen LogP contribution in [0.15, 0.2) is 0 Å². The van der Waals surface area contributed by atoms with Crippen molar-refractivity contribution in [1.29, 1.82) is 0 Å². The van der Waals surface area contributed by atoms with E-state index in [4.69, 9.17) is 0 Å². The number of carbonyl (C=O) groups excluding carboxylic acids is 7. The van der Waals surface area contributed by atoms with Gasteiger partial charge in [-0.25, -0.2) is 0 Å². The molecule has 0 amide bonds. The third kappa shape index (κ3) is 86.3. The maximum absolute atomic E-state index is 10.0. The van der Waals surface area contributed by atoms with E-state index in [9.17, 15) is 38.7 Å². The molecule has 8 nitrogen and oxygen atoms in total. The number of rotatable bonds is 7. The Balaban J connectivity index is -0.0000000567. The summed E-state index contributed by atoms with van der Waals surface area (Å²) in [6.45, 7) is 9.85. The molecule has 0 rings (SSSR count). The van der Waals surface area contributed by atoms with Gasteiger partial charge in [0.25, 0.3) is 0 Å². The topological polar surface area (TPSA) is 143 Å². The van der Waals surface area contributed by atoms with Gasteiger partial charge in [-0.05, 0) is 48.0 Å². The van der Waals surface area contributed by atoms with Crippen LogP contribution in [0.5, 0.6) is 0 Å². The molecule has 10 heteroatoms. The summed E-state index contributed by atoms with van der Waals surface area (Å²) in [5.41, 5.74) is 0. The number of hydrogen-bond donors (Lipinski definition) is 0. The molecule has 0 saturated heterocycles. The minimum atomic E-state index is -0.995. The van der Waals surface area contributed by atoms with Gasteiger partial charge in [0, 0.05) is 17.5 Å². The van der Waals surface area contributed by atoms with E-state index >= 15 is 0 Å². The van der Waals surface area contributed by atoms with E-state index in [1.807, 2.05) is 0 Å². The molecular formula is C18H28O8Zn2+2. The summed E-state index contributed by atoms with van der Waals surface area (Å²) >= 11 is 0. The number of ketones is 6. The van der Waals surface area contributed by atoms with Gasteiger partial charge in [-0.15, -0.1) is 0 Å². The average molecular weight is 503 g/mol. The first-order valence-corrected chi connectivity index (χ1v) is 7.69. The zero-order chi connectivity index (χ0) is 21.9. The molecule has 0 aliphatic rings. The van der Waals surface area contributed by atoms with Crippen molar-refractivity contribution in [2.75, 3.05) is 0 Å². The molecular weight excluding hydrogens is 475 g/mol. The Morgan fingerprint density at radius 1 is 0.607 bits per heavy atom. The molecule has 0 radical (unpaired) electrons. The molecule has 0 bridgehead atoms. The van der Waals surface area contributed by atoms with Gasteiger partial charge in [-0.2, -0.15) is 0 Å². The second kappa shape index (κ2) is 27.8. The summed E-state index contributed by atoms with van der Waals surface area (Å²) in [6, 6.07) is 0. The van der Waals surface area contributed by atoms with E-state index in [1.165, 1.54) is 48.5 Å². The first-order chi connectivity index (χ1) is 11.6. The van der Waals surface area contributed by atoms with Gasteiger partial charge in [0.2, 0.25) is 0 Å². The molecule has 0 N–H and O–H groups in total. The fraction of sp³-hybridized carbons (Fsp3) is 0.556. The van der Waals surface area contributed by atoms with Crippen LogP contribution < -0.4 is 5.11 Å². The first-order valence-electron chi connectivity index (χ1n) is 7.69. The first kappa shape index (κ1) is 41.1. The van der Waals surface area contributed by atoms with E-state index in [2.05, 4.69) is 0 Å². The zero-order valence-electron chi connectivity index (χ0n) is 17.9. The maximum Gasteiger partial charge on any atom is 2.00 e. The molecule has 0 unspecified atom stereocenters. The smallest absolute Gasteiger partial charge is 0.550 e. The van der Waals surface area contributed by atoms with Crippen molar-refractivity contribution >= 4 is 40.7 Å². The van der Waals surface area contributed by atoms with Gasteiger partial charge < -0.3 is 19.5 Å². The largest absolute Gasteiger partial charge is 2.00 e. The number of carboxylic acid groups (broad SMARTS) is 1. The molecule has 0 aromatic carbocycles. The maximum atomic E-state index is 10.0. The number of Topliss-reactive ketones (excluding diaryl/α,β-unsaturated/α-hetero) is 6. The normalized spacial score (nSPS) is 7.39. The van der Waals surface area contributed by atoms with Gasteiger partial charge in [0.15, 0.2) is 0 Å². The van der Waals surface area contributed by atoms with Gasteiger partial charge in [0.05, 0.1) is 12.8 Å². The SMILES string of the molecule is CC(=O)CC(C)=O.CC(=O)CC(C)=O.CC(=O)[CH-]C(C)=O.CCC(=O)[O-].[Zn+2].[Zn+2]. The van der Waals surface area contributed by atoms with Crippen LogP contribution in [0.1, 0.15) is 67.7 Å². The quantitative estimate of drug-likeness (QED) is 0.280. The summed E-state index contributed by atoms with van der Waals surface area (Å²) in [5, 5.41) is 9.26. The summed E-state index contributed by atoms with van der Waals surface area (Å²) in [4.78, 5) is 69.3. The Kier molecular flexibility index (Phi) is 40.8. The number of carbonyl (C=O) groups is 7. The summed E-state index contributed by atoms with van der Waals surface area (Å²) < 4.78 is 0.